The second kappa shape index (κ2) is 8.17. The van der Waals surface area contributed by atoms with E-state index in [0.717, 1.165) is 4.90 Å². The molecule has 158 valence electrons. The second-order valence-electron chi connectivity index (χ2n) is 6.42. The first-order valence-corrected chi connectivity index (χ1v) is 10.9. The van der Waals surface area contributed by atoms with Gasteiger partial charge in [-0.25, -0.2) is 8.42 Å². The second-order valence-corrected chi connectivity index (χ2v) is 9.16. The molecule has 30 heavy (non-hydrogen) atoms. The highest BCUT2D eigenvalue weighted by atomic mass is 35.5. The van der Waals surface area contributed by atoms with Crippen molar-refractivity contribution < 1.29 is 23.1 Å². The lowest BCUT2D eigenvalue weighted by Crippen LogP contribution is -2.26. The van der Waals surface area contributed by atoms with Crippen LogP contribution in [0.1, 0.15) is 18.4 Å². The number of sulfone groups is 1. The Morgan fingerprint density at radius 1 is 1.10 bits per heavy atom. The maximum Gasteiger partial charge on any atom is 0.319 e. The van der Waals surface area contributed by atoms with Gasteiger partial charge in [0.05, 0.1) is 20.5 Å². The number of anilines is 1. The van der Waals surface area contributed by atoms with Crippen molar-refractivity contribution in [3.8, 4) is 0 Å². The summed E-state index contributed by atoms with van der Waals surface area (Å²) in [5.41, 5.74) is -2.31. The van der Waals surface area contributed by atoms with Gasteiger partial charge in [-0.05, 0) is 18.1 Å². The van der Waals surface area contributed by atoms with Crippen LogP contribution in [0.4, 0.5) is 17.1 Å². The number of nitro benzene ring substituents is 2. The molecule has 1 saturated heterocycles. The molecule has 0 atom stereocenters. The molecule has 1 aliphatic rings. The highest BCUT2D eigenvalue weighted by Crippen LogP contribution is 2.47. The Balaban J connectivity index is 2.26. The highest BCUT2D eigenvalue weighted by molar-refractivity contribution is 7.90. The fourth-order valence-electron chi connectivity index (χ4n) is 3.18. The first kappa shape index (κ1) is 21.9. The summed E-state index contributed by atoms with van der Waals surface area (Å²) in [5, 5.41) is 22.7. The summed E-state index contributed by atoms with van der Waals surface area (Å²) in [7, 11) is -4.36. The van der Waals surface area contributed by atoms with Crippen molar-refractivity contribution in [2.75, 3.05) is 11.4 Å². The zero-order chi connectivity index (χ0) is 22.2. The van der Waals surface area contributed by atoms with Gasteiger partial charge < -0.3 is 4.90 Å². The Morgan fingerprint density at radius 3 is 2.30 bits per heavy atom. The van der Waals surface area contributed by atoms with Crippen molar-refractivity contribution in [2.45, 2.75) is 23.5 Å². The van der Waals surface area contributed by atoms with Crippen molar-refractivity contribution in [1.82, 2.24) is 0 Å². The van der Waals surface area contributed by atoms with Crippen molar-refractivity contribution >= 4 is 56.0 Å². The molecule has 1 amide bonds. The summed E-state index contributed by atoms with van der Waals surface area (Å²) >= 11 is 12.1. The van der Waals surface area contributed by atoms with E-state index in [1.165, 1.54) is 12.1 Å². The van der Waals surface area contributed by atoms with Gasteiger partial charge in [-0.3, -0.25) is 25.0 Å². The minimum Gasteiger partial charge on any atom is -0.301 e. The van der Waals surface area contributed by atoms with Crippen molar-refractivity contribution in [2.24, 2.45) is 0 Å². The zero-order valence-electron chi connectivity index (χ0n) is 15.1. The van der Waals surface area contributed by atoms with Gasteiger partial charge in [0.25, 0.3) is 0 Å². The SMILES string of the molecule is O=C1CCCN1c1c([N+](=O)[O-])cc(S(=O)(=O)Cc2ccccc2Cl)c(Cl)c1[N+](=O)[O-]. The van der Waals surface area contributed by atoms with Gasteiger partial charge in [0, 0.05) is 24.1 Å². The molecule has 13 heteroatoms. The summed E-state index contributed by atoms with van der Waals surface area (Å²) < 4.78 is 25.9. The van der Waals surface area contributed by atoms with Crippen LogP contribution in [-0.2, 0) is 20.4 Å². The van der Waals surface area contributed by atoms with Crippen LogP contribution in [0.5, 0.6) is 0 Å². The first-order chi connectivity index (χ1) is 14.0. The predicted octanol–water partition coefficient (Wildman–Crippen LogP) is 3.91. The average molecular weight is 474 g/mol. The molecular weight excluding hydrogens is 461 g/mol. The monoisotopic (exact) mass is 473 g/mol. The number of hydrogen-bond acceptors (Lipinski definition) is 7. The van der Waals surface area contributed by atoms with E-state index in [1.54, 1.807) is 12.1 Å². The van der Waals surface area contributed by atoms with Crippen molar-refractivity contribution in [3.63, 3.8) is 0 Å². The topological polar surface area (TPSA) is 141 Å². The molecule has 2 aromatic rings. The van der Waals surface area contributed by atoms with E-state index in [-0.39, 0.29) is 23.6 Å². The van der Waals surface area contributed by atoms with Crippen LogP contribution in [0.15, 0.2) is 35.2 Å². The number of nitrogens with zero attached hydrogens (tertiary/aromatic N) is 3. The number of carbonyl (C=O) groups is 1. The Hall–Kier alpha value is -2.76. The Kier molecular flexibility index (Phi) is 5.97. The molecule has 0 radical (unpaired) electrons. The molecule has 3 rings (SSSR count). The number of halogens is 2. The normalized spacial score (nSPS) is 14.2. The van der Waals surface area contributed by atoms with E-state index in [0.29, 0.717) is 12.5 Å². The molecule has 1 aliphatic heterocycles. The van der Waals surface area contributed by atoms with E-state index in [9.17, 15) is 33.4 Å². The van der Waals surface area contributed by atoms with Gasteiger partial charge in [0.2, 0.25) is 11.6 Å². The third-order valence-corrected chi connectivity index (χ3v) is 7.07. The van der Waals surface area contributed by atoms with Gasteiger partial charge in [0.15, 0.2) is 9.84 Å². The van der Waals surface area contributed by atoms with Crippen LogP contribution < -0.4 is 4.90 Å². The number of carbonyl (C=O) groups excluding carboxylic acids is 1. The quantitative estimate of drug-likeness (QED) is 0.457. The summed E-state index contributed by atoms with van der Waals surface area (Å²) in [6.07, 6.45) is 0.399. The standard InChI is InChI=1S/C17H13Cl2N3O7S/c18-11-5-2-1-4-10(11)9-30(28,29)13-8-12(21(24)25)16(17(15(13)19)22(26)27)20-7-3-6-14(20)23/h1-2,4-5,8H,3,6-7,9H2. The van der Waals surface area contributed by atoms with Crippen LogP contribution in [0.3, 0.4) is 0 Å². The summed E-state index contributed by atoms with van der Waals surface area (Å²) in [4.78, 5) is 33.6. The molecule has 1 fully saturated rings. The first-order valence-electron chi connectivity index (χ1n) is 8.46. The van der Waals surface area contributed by atoms with E-state index >= 15 is 0 Å². The lowest BCUT2D eigenvalue weighted by Gasteiger charge is -2.18. The maximum absolute atomic E-state index is 13.0. The molecule has 1 heterocycles. The number of rotatable bonds is 6. The molecular formula is C17H13Cl2N3O7S. The maximum atomic E-state index is 13.0. The highest BCUT2D eigenvalue weighted by Gasteiger charge is 2.41. The minimum absolute atomic E-state index is 0.0164. The smallest absolute Gasteiger partial charge is 0.301 e. The Labute approximate surface area is 180 Å². The van der Waals surface area contributed by atoms with E-state index in [2.05, 4.69) is 0 Å². The molecule has 0 spiro atoms. The van der Waals surface area contributed by atoms with Gasteiger partial charge >= 0.3 is 11.4 Å². The summed E-state index contributed by atoms with van der Waals surface area (Å²) in [6.45, 7) is 0.0164. The fraction of sp³-hybridized carbons (Fsp3) is 0.235. The minimum atomic E-state index is -4.36. The fourth-order valence-corrected chi connectivity index (χ4v) is 5.50. The van der Waals surface area contributed by atoms with E-state index in [1.807, 2.05) is 0 Å². The van der Waals surface area contributed by atoms with E-state index in [4.69, 9.17) is 23.2 Å². The number of hydrogen-bond donors (Lipinski definition) is 0. The molecule has 2 aromatic carbocycles. The average Bonchev–Trinajstić information content (AvgIpc) is 3.07. The van der Waals surface area contributed by atoms with Crippen LogP contribution in [0, 0.1) is 20.2 Å². The summed E-state index contributed by atoms with van der Waals surface area (Å²) in [5.74, 6) is -1.23. The lowest BCUT2D eigenvalue weighted by molar-refractivity contribution is -0.392. The predicted molar refractivity (Wildman–Crippen MR) is 109 cm³/mol. The van der Waals surface area contributed by atoms with Gasteiger partial charge in [-0.15, -0.1) is 0 Å². The van der Waals surface area contributed by atoms with Gasteiger partial charge in [-0.2, -0.15) is 0 Å². The molecule has 0 aromatic heterocycles. The van der Waals surface area contributed by atoms with Crippen molar-refractivity contribution in [3.05, 3.63) is 66.2 Å². The van der Waals surface area contributed by atoms with Gasteiger partial charge in [-0.1, -0.05) is 41.4 Å². The van der Waals surface area contributed by atoms with Crippen LogP contribution in [-0.4, -0.2) is 30.7 Å². The number of benzene rings is 2. The largest absolute Gasteiger partial charge is 0.319 e. The molecule has 0 unspecified atom stereocenters. The van der Waals surface area contributed by atoms with E-state index < -0.39 is 58.3 Å². The Bertz CT molecular complexity index is 1180. The molecule has 0 N–H and O–H groups in total. The number of nitro groups is 2. The third-order valence-electron chi connectivity index (χ3n) is 4.52. The summed E-state index contributed by atoms with van der Waals surface area (Å²) in [6, 6.07) is 6.69. The lowest BCUT2D eigenvalue weighted by atomic mass is 10.2. The third kappa shape index (κ3) is 3.95. The van der Waals surface area contributed by atoms with Crippen molar-refractivity contribution in [1.29, 1.82) is 0 Å². The molecule has 10 nitrogen and oxygen atoms in total. The van der Waals surface area contributed by atoms with Crippen LogP contribution in [0.2, 0.25) is 10.0 Å². The number of amides is 1. The molecule has 0 saturated carbocycles. The van der Waals surface area contributed by atoms with Gasteiger partial charge in [0.1, 0.15) is 5.02 Å². The van der Waals surface area contributed by atoms with Crippen LogP contribution in [0.25, 0.3) is 0 Å². The Morgan fingerprint density at radius 2 is 1.77 bits per heavy atom. The zero-order valence-corrected chi connectivity index (χ0v) is 17.4. The molecule has 0 aliphatic carbocycles. The molecule has 0 bridgehead atoms. The van der Waals surface area contributed by atoms with Crippen LogP contribution >= 0.6 is 23.2 Å².